The first-order valence-corrected chi connectivity index (χ1v) is 6.16. The number of pyridine rings is 1. The highest BCUT2D eigenvalue weighted by molar-refractivity contribution is 9.10. The van der Waals surface area contributed by atoms with Crippen molar-refractivity contribution in [3.63, 3.8) is 0 Å². The predicted octanol–water partition coefficient (Wildman–Crippen LogP) is 3.68. The van der Waals surface area contributed by atoms with Crippen LogP contribution in [0, 0.1) is 18.7 Å². The monoisotopic (exact) mass is 326 g/mol. The number of benzene rings is 1. The fourth-order valence-corrected chi connectivity index (χ4v) is 1.84. The van der Waals surface area contributed by atoms with E-state index >= 15 is 0 Å². The van der Waals surface area contributed by atoms with Crippen LogP contribution in [0.15, 0.2) is 34.9 Å². The largest absolute Gasteiger partial charge is 0.322 e. The van der Waals surface area contributed by atoms with Gasteiger partial charge in [0.25, 0.3) is 5.91 Å². The Bertz CT molecular complexity index is 647. The number of aryl methyl sites for hydroxylation is 1. The van der Waals surface area contributed by atoms with Crippen LogP contribution in [0.4, 0.5) is 14.5 Å². The zero-order valence-electron chi connectivity index (χ0n) is 9.88. The summed E-state index contributed by atoms with van der Waals surface area (Å²) in [6.45, 7) is 1.90. The van der Waals surface area contributed by atoms with E-state index in [0.717, 1.165) is 22.3 Å². The third-order valence-corrected chi connectivity index (χ3v) is 3.38. The van der Waals surface area contributed by atoms with Gasteiger partial charge in [-0.15, -0.1) is 0 Å². The van der Waals surface area contributed by atoms with E-state index in [1.54, 1.807) is 18.2 Å². The van der Waals surface area contributed by atoms with Gasteiger partial charge in [-0.1, -0.05) is 22.0 Å². The first-order chi connectivity index (χ1) is 8.99. The maximum atomic E-state index is 13.4. The van der Waals surface area contributed by atoms with Gasteiger partial charge in [-0.25, -0.2) is 9.37 Å². The van der Waals surface area contributed by atoms with E-state index in [0.29, 0.717) is 5.69 Å². The highest BCUT2D eigenvalue weighted by atomic mass is 79.9. The summed E-state index contributed by atoms with van der Waals surface area (Å²) in [4.78, 5) is 14.9. The van der Waals surface area contributed by atoms with Gasteiger partial charge < -0.3 is 5.32 Å². The molecule has 2 aromatic rings. The first-order valence-electron chi connectivity index (χ1n) is 5.36. The van der Waals surface area contributed by atoms with E-state index in [9.17, 15) is 13.6 Å². The molecular formula is C13H9BrF2N2O. The van der Waals surface area contributed by atoms with Crippen molar-refractivity contribution in [1.82, 2.24) is 4.98 Å². The van der Waals surface area contributed by atoms with Crippen molar-refractivity contribution < 1.29 is 13.6 Å². The van der Waals surface area contributed by atoms with Crippen molar-refractivity contribution in [2.75, 3.05) is 5.32 Å². The zero-order valence-corrected chi connectivity index (χ0v) is 11.5. The third-order valence-electron chi connectivity index (χ3n) is 2.52. The molecule has 1 amide bonds. The van der Waals surface area contributed by atoms with E-state index in [4.69, 9.17) is 0 Å². The molecular weight excluding hydrogens is 318 g/mol. The van der Waals surface area contributed by atoms with E-state index < -0.39 is 17.7 Å². The van der Waals surface area contributed by atoms with Crippen molar-refractivity contribution in [3.8, 4) is 0 Å². The predicted molar refractivity (Wildman–Crippen MR) is 71.0 cm³/mol. The molecule has 1 aromatic carbocycles. The van der Waals surface area contributed by atoms with Gasteiger partial charge >= 0.3 is 0 Å². The number of hydrogen-bond donors (Lipinski definition) is 1. The Morgan fingerprint density at radius 3 is 2.74 bits per heavy atom. The number of nitrogens with one attached hydrogen (secondary N) is 1. The second kappa shape index (κ2) is 5.44. The lowest BCUT2D eigenvalue weighted by atomic mass is 10.2. The van der Waals surface area contributed by atoms with E-state index in [1.807, 2.05) is 6.92 Å². The second-order valence-corrected chi connectivity index (χ2v) is 4.74. The lowest BCUT2D eigenvalue weighted by molar-refractivity contribution is 0.102. The molecule has 3 nitrogen and oxygen atoms in total. The number of hydrogen-bond acceptors (Lipinski definition) is 2. The number of rotatable bonds is 2. The Kier molecular flexibility index (Phi) is 3.90. The van der Waals surface area contributed by atoms with Crippen LogP contribution in [0.5, 0.6) is 0 Å². The number of nitrogens with zero attached hydrogens (tertiary/aromatic N) is 1. The standard InChI is InChI=1S/C13H9BrF2N2O/c1-7-2-3-8(6-10(7)14)18-13(19)9-4-5-17-12(16)11(9)15/h2-6H,1H3,(H,18,19). The lowest BCUT2D eigenvalue weighted by Gasteiger charge is -2.07. The molecule has 0 atom stereocenters. The molecule has 0 saturated carbocycles. The van der Waals surface area contributed by atoms with Crippen LogP contribution in [0.2, 0.25) is 0 Å². The Labute approximate surface area is 116 Å². The number of carbonyl (C=O) groups is 1. The fraction of sp³-hybridized carbons (Fsp3) is 0.0769. The van der Waals surface area contributed by atoms with Crippen molar-refractivity contribution in [2.24, 2.45) is 0 Å². The first kappa shape index (κ1) is 13.6. The van der Waals surface area contributed by atoms with Crippen LogP contribution in [0.1, 0.15) is 15.9 Å². The second-order valence-electron chi connectivity index (χ2n) is 3.88. The van der Waals surface area contributed by atoms with E-state index in [1.165, 1.54) is 0 Å². The molecule has 0 fully saturated rings. The molecule has 0 bridgehead atoms. The SMILES string of the molecule is Cc1ccc(NC(=O)c2ccnc(F)c2F)cc1Br. The molecule has 0 radical (unpaired) electrons. The van der Waals surface area contributed by atoms with Gasteiger partial charge in [0, 0.05) is 16.4 Å². The Morgan fingerprint density at radius 1 is 1.32 bits per heavy atom. The van der Waals surface area contributed by atoms with Gasteiger partial charge in [-0.05, 0) is 30.7 Å². The van der Waals surface area contributed by atoms with E-state index in [-0.39, 0.29) is 5.56 Å². The van der Waals surface area contributed by atoms with Gasteiger partial charge in [0.15, 0.2) is 5.82 Å². The Hall–Kier alpha value is -1.82. The molecule has 0 saturated heterocycles. The topological polar surface area (TPSA) is 42.0 Å². The summed E-state index contributed by atoms with van der Waals surface area (Å²) < 4.78 is 27.1. The smallest absolute Gasteiger partial charge is 0.258 e. The molecule has 6 heteroatoms. The number of carbonyl (C=O) groups excluding carboxylic acids is 1. The highest BCUT2D eigenvalue weighted by Gasteiger charge is 2.16. The minimum atomic E-state index is -1.29. The minimum Gasteiger partial charge on any atom is -0.322 e. The Morgan fingerprint density at radius 2 is 2.05 bits per heavy atom. The van der Waals surface area contributed by atoms with Gasteiger partial charge in [-0.3, -0.25) is 4.79 Å². The van der Waals surface area contributed by atoms with Gasteiger partial charge in [0.1, 0.15) is 0 Å². The molecule has 1 N–H and O–H groups in total. The summed E-state index contributed by atoms with van der Waals surface area (Å²) in [7, 11) is 0. The summed E-state index contributed by atoms with van der Waals surface area (Å²) in [5, 5.41) is 2.49. The van der Waals surface area contributed by atoms with Crippen LogP contribution < -0.4 is 5.32 Å². The van der Waals surface area contributed by atoms with Crippen LogP contribution in [0.25, 0.3) is 0 Å². The molecule has 0 aliphatic rings. The molecule has 0 aliphatic heterocycles. The third kappa shape index (κ3) is 2.96. The van der Waals surface area contributed by atoms with Crippen LogP contribution in [-0.2, 0) is 0 Å². The highest BCUT2D eigenvalue weighted by Crippen LogP contribution is 2.21. The van der Waals surface area contributed by atoms with Crippen molar-refractivity contribution in [1.29, 1.82) is 0 Å². The molecule has 2 rings (SSSR count). The average Bonchev–Trinajstić information content (AvgIpc) is 2.37. The zero-order chi connectivity index (χ0) is 14.0. The summed E-state index contributed by atoms with van der Waals surface area (Å²) in [5.41, 5.74) is 1.10. The number of amides is 1. The van der Waals surface area contributed by atoms with Crippen molar-refractivity contribution >= 4 is 27.5 Å². The van der Waals surface area contributed by atoms with Crippen molar-refractivity contribution in [2.45, 2.75) is 6.92 Å². The molecule has 1 heterocycles. The van der Waals surface area contributed by atoms with E-state index in [2.05, 4.69) is 26.2 Å². The van der Waals surface area contributed by atoms with Crippen LogP contribution in [-0.4, -0.2) is 10.9 Å². The molecule has 0 aliphatic carbocycles. The number of anilines is 1. The molecule has 98 valence electrons. The molecule has 19 heavy (non-hydrogen) atoms. The fourth-order valence-electron chi connectivity index (χ4n) is 1.46. The summed E-state index contributed by atoms with van der Waals surface area (Å²) >= 11 is 3.32. The maximum absolute atomic E-state index is 13.4. The normalized spacial score (nSPS) is 10.3. The summed E-state index contributed by atoms with van der Waals surface area (Å²) in [5.74, 6) is -3.28. The number of aromatic nitrogens is 1. The molecule has 0 unspecified atom stereocenters. The quantitative estimate of drug-likeness (QED) is 0.855. The molecule has 1 aromatic heterocycles. The Balaban J connectivity index is 2.26. The van der Waals surface area contributed by atoms with Crippen molar-refractivity contribution in [3.05, 3.63) is 57.8 Å². The minimum absolute atomic E-state index is 0.385. The maximum Gasteiger partial charge on any atom is 0.258 e. The summed E-state index contributed by atoms with van der Waals surface area (Å²) in [6.07, 6.45) is 1.04. The molecule has 0 spiro atoms. The summed E-state index contributed by atoms with van der Waals surface area (Å²) in [6, 6.07) is 6.27. The van der Waals surface area contributed by atoms with Gasteiger partial charge in [0.05, 0.1) is 5.56 Å². The average molecular weight is 327 g/mol. The van der Waals surface area contributed by atoms with Gasteiger partial charge in [0.2, 0.25) is 5.95 Å². The number of halogens is 3. The van der Waals surface area contributed by atoms with Crippen LogP contribution in [0.3, 0.4) is 0 Å². The van der Waals surface area contributed by atoms with Gasteiger partial charge in [-0.2, -0.15) is 4.39 Å². The van der Waals surface area contributed by atoms with Crippen LogP contribution >= 0.6 is 15.9 Å². The lowest BCUT2D eigenvalue weighted by Crippen LogP contribution is -2.15.